The van der Waals surface area contributed by atoms with Gasteiger partial charge in [-0.1, -0.05) is 23.7 Å². The smallest absolute Gasteiger partial charge is 0.0479 e. The molecule has 0 atom stereocenters. The molecule has 96 valence electrons. The molecule has 0 spiro atoms. The van der Waals surface area contributed by atoms with Crippen LogP contribution in [0.15, 0.2) is 48.7 Å². The second-order valence-corrected chi connectivity index (χ2v) is 5.93. The topological polar surface area (TPSA) is 27.8 Å². The molecule has 0 saturated carbocycles. The van der Waals surface area contributed by atoms with Crippen molar-refractivity contribution in [3.05, 3.63) is 62.8 Å². The number of benzene rings is 2. The van der Waals surface area contributed by atoms with Gasteiger partial charge >= 0.3 is 0 Å². The maximum absolute atomic E-state index is 5.96. The van der Waals surface area contributed by atoms with Gasteiger partial charge in [-0.05, 0) is 58.5 Å². The van der Waals surface area contributed by atoms with Gasteiger partial charge in [0.2, 0.25) is 0 Å². The standard InChI is InChI=1S/C15H12ClIN2/c16-11-4-5-15(13(17)8-11)19-9-10-2-1-3-14-12(10)6-7-18-14/h1-8,18-19H,9H2. The lowest BCUT2D eigenvalue weighted by Crippen LogP contribution is -2.01. The normalized spacial score (nSPS) is 10.8. The zero-order valence-electron chi connectivity index (χ0n) is 10.1. The Labute approximate surface area is 130 Å². The van der Waals surface area contributed by atoms with Crippen LogP contribution >= 0.6 is 34.2 Å². The zero-order valence-corrected chi connectivity index (χ0v) is 13.0. The van der Waals surface area contributed by atoms with Gasteiger partial charge in [-0.25, -0.2) is 0 Å². The van der Waals surface area contributed by atoms with Crippen molar-refractivity contribution < 1.29 is 0 Å². The minimum absolute atomic E-state index is 0.766. The van der Waals surface area contributed by atoms with Crippen molar-refractivity contribution in [2.75, 3.05) is 5.32 Å². The van der Waals surface area contributed by atoms with E-state index in [0.29, 0.717) is 0 Å². The number of hydrogen-bond acceptors (Lipinski definition) is 1. The third kappa shape index (κ3) is 2.72. The van der Waals surface area contributed by atoms with Gasteiger partial charge in [-0.2, -0.15) is 0 Å². The van der Waals surface area contributed by atoms with Crippen LogP contribution in [0, 0.1) is 3.57 Å². The molecular formula is C15H12ClIN2. The molecule has 3 aromatic rings. The van der Waals surface area contributed by atoms with Crippen molar-refractivity contribution in [1.82, 2.24) is 4.98 Å². The maximum Gasteiger partial charge on any atom is 0.0479 e. The lowest BCUT2D eigenvalue weighted by molar-refractivity contribution is 1.16. The van der Waals surface area contributed by atoms with E-state index in [2.05, 4.69) is 57.2 Å². The molecule has 0 bridgehead atoms. The molecule has 0 saturated heterocycles. The molecule has 3 rings (SSSR count). The summed E-state index contributed by atoms with van der Waals surface area (Å²) < 4.78 is 1.13. The SMILES string of the molecule is Clc1ccc(NCc2cccc3[nH]ccc23)c(I)c1. The van der Waals surface area contributed by atoms with Gasteiger partial charge in [0.25, 0.3) is 0 Å². The van der Waals surface area contributed by atoms with Crippen LogP contribution < -0.4 is 5.32 Å². The fraction of sp³-hybridized carbons (Fsp3) is 0.0667. The number of fused-ring (bicyclic) bond motifs is 1. The summed E-state index contributed by atoms with van der Waals surface area (Å²) in [7, 11) is 0. The predicted molar refractivity (Wildman–Crippen MR) is 89.8 cm³/mol. The number of nitrogens with one attached hydrogen (secondary N) is 2. The Hall–Kier alpha value is -1.20. The first-order valence-electron chi connectivity index (χ1n) is 5.98. The van der Waals surface area contributed by atoms with Crippen molar-refractivity contribution >= 4 is 50.8 Å². The molecule has 1 aromatic heterocycles. The quantitative estimate of drug-likeness (QED) is 0.610. The van der Waals surface area contributed by atoms with Crippen LogP contribution in [0.3, 0.4) is 0 Å². The van der Waals surface area contributed by atoms with Crippen LogP contribution in [0.1, 0.15) is 5.56 Å². The van der Waals surface area contributed by atoms with Crippen molar-refractivity contribution in [3.63, 3.8) is 0 Å². The Bertz CT molecular complexity index is 721. The summed E-state index contributed by atoms with van der Waals surface area (Å²) in [4.78, 5) is 3.23. The number of aromatic nitrogens is 1. The molecule has 4 heteroatoms. The number of hydrogen-bond donors (Lipinski definition) is 2. The van der Waals surface area contributed by atoms with E-state index < -0.39 is 0 Å². The monoisotopic (exact) mass is 382 g/mol. The van der Waals surface area contributed by atoms with Crippen LogP contribution in [-0.4, -0.2) is 4.98 Å². The van der Waals surface area contributed by atoms with Gasteiger partial charge in [0.15, 0.2) is 0 Å². The maximum atomic E-state index is 5.96. The van der Waals surface area contributed by atoms with Gasteiger partial charge in [-0.15, -0.1) is 0 Å². The fourth-order valence-corrected chi connectivity index (χ4v) is 3.19. The molecule has 0 amide bonds. The van der Waals surface area contributed by atoms with Crippen LogP contribution in [0.4, 0.5) is 5.69 Å². The van der Waals surface area contributed by atoms with Crippen molar-refractivity contribution in [3.8, 4) is 0 Å². The predicted octanol–water partition coefficient (Wildman–Crippen LogP) is 5.04. The highest BCUT2D eigenvalue weighted by atomic mass is 127. The Morgan fingerprint density at radius 3 is 2.89 bits per heavy atom. The molecule has 0 aliphatic heterocycles. The summed E-state index contributed by atoms with van der Waals surface area (Å²) in [6.07, 6.45) is 1.97. The van der Waals surface area contributed by atoms with E-state index in [0.717, 1.165) is 20.8 Å². The lowest BCUT2D eigenvalue weighted by atomic mass is 10.1. The van der Waals surface area contributed by atoms with E-state index in [1.807, 2.05) is 24.4 Å². The first-order valence-corrected chi connectivity index (χ1v) is 7.43. The summed E-state index contributed by atoms with van der Waals surface area (Å²) in [5.74, 6) is 0. The molecule has 0 fully saturated rings. The van der Waals surface area contributed by atoms with E-state index in [1.54, 1.807) is 0 Å². The van der Waals surface area contributed by atoms with Crippen LogP contribution in [0.25, 0.3) is 10.9 Å². The van der Waals surface area contributed by atoms with Crippen molar-refractivity contribution in [1.29, 1.82) is 0 Å². The number of halogens is 2. The van der Waals surface area contributed by atoms with Gasteiger partial charge in [-0.3, -0.25) is 0 Å². The van der Waals surface area contributed by atoms with Crippen LogP contribution in [-0.2, 0) is 6.54 Å². The Morgan fingerprint density at radius 1 is 1.16 bits per heavy atom. The fourth-order valence-electron chi connectivity index (χ4n) is 2.13. The second kappa shape index (κ2) is 5.43. The second-order valence-electron chi connectivity index (χ2n) is 4.33. The molecule has 0 unspecified atom stereocenters. The van der Waals surface area contributed by atoms with E-state index in [9.17, 15) is 0 Å². The highest BCUT2D eigenvalue weighted by Crippen LogP contribution is 2.24. The van der Waals surface area contributed by atoms with Crippen molar-refractivity contribution in [2.24, 2.45) is 0 Å². The largest absolute Gasteiger partial charge is 0.380 e. The van der Waals surface area contributed by atoms with E-state index in [4.69, 9.17) is 11.6 Å². The molecule has 2 nitrogen and oxygen atoms in total. The summed E-state index contributed by atoms with van der Waals surface area (Å²) in [5, 5.41) is 5.49. The molecule has 0 aliphatic carbocycles. The van der Waals surface area contributed by atoms with E-state index in [-0.39, 0.29) is 0 Å². The van der Waals surface area contributed by atoms with E-state index in [1.165, 1.54) is 16.5 Å². The number of rotatable bonds is 3. The summed E-state index contributed by atoms with van der Waals surface area (Å²) >= 11 is 8.25. The van der Waals surface area contributed by atoms with E-state index >= 15 is 0 Å². The van der Waals surface area contributed by atoms with Gasteiger partial charge in [0, 0.05) is 37.9 Å². The third-order valence-electron chi connectivity index (χ3n) is 3.09. The molecule has 2 N–H and O–H groups in total. The molecule has 19 heavy (non-hydrogen) atoms. The molecule has 0 radical (unpaired) electrons. The summed E-state index contributed by atoms with van der Waals surface area (Å²) in [6.45, 7) is 0.798. The van der Waals surface area contributed by atoms with Crippen LogP contribution in [0.2, 0.25) is 5.02 Å². The molecule has 0 aliphatic rings. The number of aromatic amines is 1. The Morgan fingerprint density at radius 2 is 2.05 bits per heavy atom. The molecule has 1 heterocycles. The Balaban J connectivity index is 1.84. The summed E-state index contributed by atoms with van der Waals surface area (Å²) in [6, 6.07) is 14.3. The summed E-state index contributed by atoms with van der Waals surface area (Å²) in [5.41, 5.74) is 3.56. The molecular weight excluding hydrogens is 371 g/mol. The van der Waals surface area contributed by atoms with Gasteiger partial charge in [0.05, 0.1) is 0 Å². The minimum Gasteiger partial charge on any atom is -0.380 e. The van der Waals surface area contributed by atoms with Crippen molar-refractivity contribution in [2.45, 2.75) is 6.54 Å². The average molecular weight is 383 g/mol. The first kappa shape index (κ1) is 12.8. The lowest BCUT2D eigenvalue weighted by Gasteiger charge is -2.10. The zero-order chi connectivity index (χ0) is 13.2. The van der Waals surface area contributed by atoms with Crippen LogP contribution in [0.5, 0.6) is 0 Å². The van der Waals surface area contributed by atoms with Gasteiger partial charge < -0.3 is 10.3 Å². The molecule has 2 aromatic carbocycles. The minimum atomic E-state index is 0.766. The first-order chi connectivity index (χ1) is 9.24. The highest BCUT2D eigenvalue weighted by Gasteiger charge is 2.03. The Kier molecular flexibility index (Phi) is 3.66. The highest BCUT2D eigenvalue weighted by molar-refractivity contribution is 14.1. The third-order valence-corrected chi connectivity index (χ3v) is 4.21. The number of H-pyrrole nitrogens is 1. The van der Waals surface area contributed by atoms with Gasteiger partial charge in [0.1, 0.15) is 0 Å². The number of anilines is 1. The average Bonchev–Trinajstić information content (AvgIpc) is 2.86.